The molecule has 0 fully saturated rings. The Hall–Kier alpha value is -2.78. The number of phenols is 1. The van der Waals surface area contributed by atoms with E-state index >= 15 is 0 Å². The van der Waals surface area contributed by atoms with Crippen molar-refractivity contribution in [3.8, 4) is 11.5 Å². The molecule has 3 aromatic rings. The van der Waals surface area contributed by atoms with Crippen LogP contribution in [0.5, 0.6) is 11.5 Å². The largest absolute Gasteiger partial charge is 0.507 e. The highest BCUT2D eigenvalue weighted by Gasteiger charge is 2.13. The molecular weight excluding hydrogens is 336 g/mol. The number of ether oxygens (including phenoxy) is 1. The summed E-state index contributed by atoms with van der Waals surface area (Å²) in [5.41, 5.74) is 2.17. The first-order valence-corrected chi connectivity index (χ1v) is 8.27. The van der Waals surface area contributed by atoms with Gasteiger partial charge in [0.2, 0.25) is 0 Å². The summed E-state index contributed by atoms with van der Waals surface area (Å²) in [6.07, 6.45) is 0.249. The highest BCUT2D eigenvalue weighted by Crippen LogP contribution is 2.25. The Balaban J connectivity index is 1.66. The number of aromatic hydroxyl groups is 1. The van der Waals surface area contributed by atoms with E-state index in [-0.39, 0.29) is 18.0 Å². The van der Waals surface area contributed by atoms with Crippen molar-refractivity contribution in [1.29, 1.82) is 0 Å². The van der Waals surface area contributed by atoms with Gasteiger partial charge < -0.3 is 9.84 Å². The fourth-order valence-electron chi connectivity index (χ4n) is 2.46. The van der Waals surface area contributed by atoms with Crippen LogP contribution in [-0.4, -0.2) is 10.9 Å². The van der Waals surface area contributed by atoms with Crippen molar-refractivity contribution in [3.05, 3.63) is 94.5 Å². The van der Waals surface area contributed by atoms with Crippen LogP contribution in [0.1, 0.15) is 21.5 Å². The molecule has 0 saturated carbocycles. The van der Waals surface area contributed by atoms with Crippen LogP contribution in [0.3, 0.4) is 0 Å². The highest BCUT2D eigenvalue weighted by atomic mass is 35.5. The van der Waals surface area contributed by atoms with E-state index in [2.05, 4.69) is 0 Å². The summed E-state index contributed by atoms with van der Waals surface area (Å²) in [6.45, 7) is 0.355. The van der Waals surface area contributed by atoms with Gasteiger partial charge in [0.25, 0.3) is 0 Å². The van der Waals surface area contributed by atoms with Crippen molar-refractivity contribution < 1.29 is 14.6 Å². The molecule has 0 unspecified atom stereocenters. The molecular formula is C21H17ClO3. The van der Waals surface area contributed by atoms with Crippen molar-refractivity contribution >= 4 is 17.4 Å². The van der Waals surface area contributed by atoms with Crippen molar-refractivity contribution in [2.24, 2.45) is 0 Å². The Bertz CT molecular complexity index is 858. The molecule has 0 aliphatic rings. The third-order valence-electron chi connectivity index (χ3n) is 3.80. The molecule has 4 heteroatoms. The summed E-state index contributed by atoms with van der Waals surface area (Å²) in [6, 6.07) is 21.5. The normalized spacial score (nSPS) is 10.4. The molecule has 0 spiro atoms. The minimum Gasteiger partial charge on any atom is -0.507 e. The Morgan fingerprint density at radius 1 is 0.920 bits per heavy atom. The standard InChI is InChI=1S/C21H17ClO3/c22-17-8-6-16(7-9-17)14-25-18-10-11-19(21(24)13-18)20(23)12-15-4-2-1-3-5-15/h1-11,13,24H,12,14H2. The van der Waals surface area contributed by atoms with E-state index in [0.29, 0.717) is 22.9 Å². The quantitative estimate of drug-likeness (QED) is 0.631. The molecule has 0 radical (unpaired) electrons. The topological polar surface area (TPSA) is 46.5 Å². The van der Waals surface area contributed by atoms with Crippen molar-refractivity contribution in [1.82, 2.24) is 0 Å². The third-order valence-corrected chi connectivity index (χ3v) is 4.05. The van der Waals surface area contributed by atoms with Gasteiger partial charge in [0.05, 0.1) is 5.56 Å². The lowest BCUT2D eigenvalue weighted by Crippen LogP contribution is -2.04. The third kappa shape index (κ3) is 4.61. The van der Waals surface area contributed by atoms with Crippen LogP contribution >= 0.6 is 11.6 Å². The van der Waals surface area contributed by atoms with E-state index in [4.69, 9.17) is 16.3 Å². The maximum atomic E-state index is 12.3. The number of hydrogen-bond donors (Lipinski definition) is 1. The van der Waals surface area contributed by atoms with E-state index in [9.17, 15) is 9.90 Å². The van der Waals surface area contributed by atoms with E-state index in [0.717, 1.165) is 11.1 Å². The number of hydrogen-bond acceptors (Lipinski definition) is 3. The van der Waals surface area contributed by atoms with Crippen LogP contribution in [-0.2, 0) is 13.0 Å². The van der Waals surface area contributed by atoms with Crippen molar-refractivity contribution in [3.63, 3.8) is 0 Å². The predicted octanol–water partition coefficient (Wildman–Crippen LogP) is 5.05. The summed E-state index contributed by atoms with van der Waals surface area (Å²) < 4.78 is 5.65. The number of ketones is 1. The summed E-state index contributed by atoms with van der Waals surface area (Å²) in [5, 5.41) is 10.8. The first-order chi connectivity index (χ1) is 12.1. The molecule has 0 aromatic heterocycles. The molecule has 0 atom stereocenters. The van der Waals surface area contributed by atoms with Gasteiger partial charge in [0.1, 0.15) is 18.1 Å². The Morgan fingerprint density at radius 2 is 1.64 bits per heavy atom. The Morgan fingerprint density at radius 3 is 2.32 bits per heavy atom. The Kier molecular flexibility index (Phi) is 5.36. The fourth-order valence-corrected chi connectivity index (χ4v) is 2.59. The van der Waals surface area contributed by atoms with Gasteiger partial charge in [0.15, 0.2) is 5.78 Å². The highest BCUT2D eigenvalue weighted by molar-refractivity contribution is 6.30. The number of Topliss-reactive ketones (excluding diaryl/α,β-unsaturated/α-hetero) is 1. The second-order valence-electron chi connectivity index (χ2n) is 5.68. The molecule has 0 saturated heterocycles. The van der Waals surface area contributed by atoms with Crippen LogP contribution < -0.4 is 4.74 Å². The molecule has 0 amide bonds. The summed E-state index contributed by atoms with van der Waals surface area (Å²) in [7, 11) is 0. The lowest BCUT2D eigenvalue weighted by atomic mass is 10.0. The molecule has 0 heterocycles. The zero-order valence-electron chi connectivity index (χ0n) is 13.5. The zero-order valence-corrected chi connectivity index (χ0v) is 14.2. The van der Waals surface area contributed by atoms with E-state index in [1.54, 1.807) is 24.3 Å². The van der Waals surface area contributed by atoms with E-state index in [1.165, 1.54) is 6.07 Å². The van der Waals surface area contributed by atoms with Gasteiger partial charge in [-0.1, -0.05) is 54.1 Å². The van der Waals surface area contributed by atoms with Crippen LogP contribution in [0.25, 0.3) is 0 Å². The van der Waals surface area contributed by atoms with Gasteiger partial charge in [0, 0.05) is 17.5 Å². The minimum absolute atomic E-state index is 0.0745. The van der Waals surface area contributed by atoms with Crippen molar-refractivity contribution in [2.75, 3.05) is 0 Å². The molecule has 1 N–H and O–H groups in total. The Labute approximate surface area is 151 Å². The second kappa shape index (κ2) is 7.86. The monoisotopic (exact) mass is 352 g/mol. The molecule has 3 nitrogen and oxygen atoms in total. The van der Waals surface area contributed by atoms with Crippen LogP contribution in [0, 0.1) is 0 Å². The van der Waals surface area contributed by atoms with Gasteiger partial charge in [-0.25, -0.2) is 0 Å². The maximum Gasteiger partial charge on any atom is 0.170 e. The smallest absolute Gasteiger partial charge is 0.170 e. The number of carbonyl (C=O) groups excluding carboxylic acids is 1. The number of phenolic OH excluding ortho intramolecular Hbond substituents is 1. The van der Waals surface area contributed by atoms with Crippen LogP contribution in [0.4, 0.5) is 0 Å². The molecule has 3 aromatic carbocycles. The van der Waals surface area contributed by atoms with Crippen LogP contribution in [0.15, 0.2) is 72.8 Å². The maximum absolute atomic E-state index is 12.3. The predicted molar refractivity (Wildman–Crippen MR) is 98.4 cm³/mol. The van der Waals surface area contributed by atoms with E-state index in [1.807, 2.05) is 42.5 Å². The summed E-state index contributed by atoms with van der Waals surface area (Å²) in [5.74, 6) is 0.297. The SMILES string of the molecule is O=C(Cc1ccccc1)c1ccc(OCc2ccc(Cl)cc2)cc1O. The molecule has 25 heavy (non-hydrogen) atoms. The first-order valence-electron chi connectivity index (χ1n) is 7.89. The van der Waals surface area contributed by atoms with Gasteiger partial charge in [-0.3, -0.25) is 4.79 Å². The number of benzene rings is 3. The summed E-state index contributed by atoms with van der Waals surface area (Å²) in [4.78, 5) is 12.3. The average molecular weight is 353 g/mol. The lowest BCUT2D eigenvalue weighted by molar-refractivity contribution is 0.0990. The molecule has 3 rings (SSSR count). The van der Waals surface area contributed by atoms with Crippen LogP contribution in [0.2, 0.25) is 5.02 Å². The van der Waals surface area contributed by atoms with Gasteiger partial charge in [-0.2, -0.15) is 0 Å². The average Bonchev–Trinajstić information content (AvgIpc) is 2.62. The minimum atomic E-state index is -0.132. The zero-order chi connectivity index (χ0) is 17.6. The molecule has 0 aliphatic heterocycles. The molecule has 126 valence electrons. The number of halogens is 1. The van der Waals surface area contributed by atoms with Crippen molar-refractivity contribution in [2.45, 2.75) is 13.0 Å². The van der Waals surface area contributed by atoms with E-state index < -0.39 is 0 Å². The lowest BCUT2D eigenvalue weighted by Gasteiger charge is -2.09. The molecule has 0 bridgehead atoms. The second-order valence-corrected chi connectivity index (χ2v) is 6.12. The number of rotatable bonds is 6. The number of carbonyl (C=O) groups is 1. The van der Waals surface area contributed by atoms with Gasteiger partial charge in [-0.15, -0.1) is 0 Å². The molecule has 0 aliphatic carbocycles. The first kappa shape index (κ1) is 17.1. The van der Waals surface area contributed by atoms with Gasteiger partial charge >= 0.3 is 0 Å². The fraction of sp³-hybridized carbons (Fsp3) is 0.0952. The van der Waals surface area contributed by atoms with Gasteiger partial charge in [-0.05, 0) is 35.4 Å². The summed E-state index contributed by atoms with van der Waals surface area (Å²) >= 11 is 5.85.